The lowest BCUT2D eigenvalue weighted by Gasteiger charge is -2.05. The van der Waals surface area contributed by atoms with Gasteiger partial charge in [-0.15, -0.1) is 0 Å². The van der Waals surface area contributed by atoms with Gasteiger partial charge in [0.25, 0.3) is 0 Å². The molecule has 14 heavy (non-hydrogen) atoms. The van der Waals surface area contributed by atoms with E-state index in [0.29, 0.717) is 17.5 Å². The van der Waals surface area contributed by atoms with Crippen molar-refractivity contribution in [1.82, 2.24) is 10.2 Å². The van der Waals surface area contributed by atoms with E-state index >= 15 is 0 Å². The maximum Gasteiger partial charge on any atom is 0.180 e. The van der Waals surface area contributed by atoms with E-state index in [2.05, 4.69) is 24.0 Å². The third-order valence-corrected chi connectivity index (χ3v) is 2.73. The van der Waals surface area contributed by atoms with Gasteiger partial charge in [-0.3, -0.25) is 9.89 Å². The Kier molecular flexibility index (Phi) is 2.17. The predicted octanol–water partition coefficient (Wildman–Crippen LogP) is 2.61. The molecule has 0 aromatic carbocycles. The zero-order chi connectivity index (χ0) is 10.3. The van der Waals surface area contributed by atoms with Gasteiger partial charge in [-0.25, -0.2) is 0 Å². The zero-order valence-corrected chi connectivity index (χ0v) is 8.92. The second-order valence-corrected chi connectivity index (χ2v) is 4.38. The number of hydrogen-bond acceptors (Lipinski definition) is 2. The minimum Gasteiger partial charge on any atom is -0.293 e. The maximum atomic E-state index is 11.4. The Bertz CT molecular complexity index is 361. The van der Waals surface area contributed by atoms with E-state index in [1.54, 1.807) is 6.92 Å². The van der Waals surface area contributed by atoms with Crippen LogP contribution in [0, 0.1) is 0 Å². The lowest BCUT2D eigenvalue weighted by molar-refractivity contribution is 0.101. The molecule has 1 aliphatic rings. The second kappa shape index (κ2) is 3.23. The normalized spacial score (nSPS) is 16.3. The van der Waals surface area contributed by atoms with E-state index in [9.17, 15) is 4.79 Å². The summed E-state index contributed by atoms with van der Waals surface area (Å²) in [5.74, 6) is 1.09. The Hall–Kier alpha value is -1.12. The van der Waals surface area contributed by atoms with Gasteiger partial charge < -0.3 is 0 Å². The smallest absolute Gasteiger partial charge is 0.180 e. The van der Waals surface area contributed by atoms with Gasteiger partial charge in [0.1, 0.15) is 5.69 Å². The fourth-order valence-electron chi connectivity index (χ4n) is 1.86. The molecular formula is C11H16N2O. The largest absolute Gasteiger partial charge is 0.293 e. The average molecular weight is 192 g/mol. The molecule has 76 valence electrons. The number of aromatic nitrogens is 2. The Balaban J connectivity index is 2.46. The van der Waals surface area contributed by atoms with Crippen molar-refractivity contribution in [1.29, 1.82) is 0 Å². The van der Waals surface area contributed by atoms with Crippen molar-refractivity contribution in [2.45, 2.75) is 45.4 Å². The molecule has 1 fully saturated rings. The number of ketones is 1. The van der Waals surface area contributed by atoms with Crippen LogP contribution in [0.1, 0.15) is 67.2 Å². The molecule has 0 spiro atoms. The molecule has 1 saturated carbocycles. The summed E-state index contributed by atoms with van der Waals surface area (Å²) in [6, 6.07) is 0. The SMILES string of the molecule is CC(=O)c1n[nH]c(C(C)C)c1C1CC1. The number of rotatable bonds is 3. The van der Waals surface area contributed by atoms with Gasteiger partial charge in [0.15, 0.2) is 5.78 Å². The third-order valence-electron chi connectivity index (χ3n) is 2.73. The molecule has 2 rings (SSSR count). The number of carbonyl (C=O) groups excluding carboxylic acids is 1. The van der Waals surface area contributed by atoms with E-state index < -0.39 is 0 Å². The van der Waals surface area contributed by atoms with Crippen LogP contribution in [0.3, 0.4) is 0 Å². The molecule has 1 aromatic heterocycles. The lowest BCUT2D eigenvalue weighted by Crippen LogP contribution is -1.99. The summed E-state index contributed by atoms with van der Waals surface area (Å²) in [4.78, 5) is 11.4. The van der Waals surface area contributed by atoms with Crippen LogP contribution in [0.4, 0.5) is 0 Å². The van der Waals surface area contributed by atoms with Crippen molar-refractivity contribution in [2.75, 3.05) is 0 Å². The van der Waals surface area contributed by atoms with Gasteiger partial charge in [0, 0.05) is 18.2 Å². The molecule has 1 aromatic rings. The number of aromatic amines is 1. The predicted molar refractivity (Wildman–Crippen MR) is 54.7 cm³/mol. The summed E-state index contributed by atoms with van der Waals surface area (Å²) < 4.78 is 0. The average Bonchev–Trinajstić information content (AvgIpc) is 2.83. The molecule has 1 heterocycles. The van der Waals surface area contributed by atoms with Gasteiger partial charge in [-0.1, -0.05) is 13.8 Å². The van der Waals surface area contributed by atoms with Gasteiger partial charge in [0.2, 0.25) is 0 Å². The molecule has 1 N–H and O–H groups in total. The summed E-state index contributed by atoms with van der Waals surface area (Å²) in [5, 5.41) is 7.13. The standard InChI is InChI=1S/C11H16N2O/c1-6(2)10-9(8-4-5-8)11(7(3)14)13-12-10/h6,8H,4-5H2,1-3H3,(H,12,13). The molecule has 0 atom stereocenters. The van der Waals surface area contributed by atoms with Crippen LogP contribution in [0.15, 0.2) is 0 Å². The highest BCUT2D eigenvalue weighted by Crippen LogP contribution is 2.44. The summed E-state index contributed by atoms with van der Waals surface area (Å²) in [5.41, 5.74) is 3.00. The minimum atomic E-state index is 0.0788. The number of Topliss-reactive ketones (excluding diaryl/α,β-unsaturated/α-hetero) is 1. The molecule has 0 saturated heterocycles. The highest BCUT2D eigenvalue weighted by atomic mass is 16.1. The van der Waals surface area contributed by atoms with Gasteiger partial charge in [-0.05, 0) is 24.7 Å². The third kappa shape index (κ3) is 1.47. The van der Waals surface area contributed by atoms with Crippen molar-refractivity contribution >= 4 is 5.78 Å². The molecule has 0 bridgehead atoms. The minimum absolute atomic E-state index is 0.0788. The fourth-order valence-corrected chi connectivity index (χ4v) is 1.86. The van der Waals surface area contributed by atoms with E-state index in [0.717, 1.165) is 5.69 Å². The van der Waals surface area contributed by atoms with Crippen molar-refractivity contribution in [3.8, 4) is 0 Å². The Morgan fingerprint density at radius 3 is 2.57 bits per heavy atom. The summed E-state index contributed by atoms with van der Waals surface area (Å²) in [6.45, 7) is 5.85. The van der Waals surface area contributed by atoms with Crippen LogP contribution < -0.4 is 0 Å². The molecule has 3 nitrogen and oxygen atoms in total. The van der Waals surface area contributed by atoms with Crippen LogP contribution in [-0.4, -0.2) is 16.0 Å². The number of carbonyl (C=O) groups is 1. The Morgan fingerprint density at radius 1 is 1.50 bits per heavy atom. The zero-order valence-electron chi connectivity index (χ0n) is 8.92. The molecule has 3 heteroatoms. The topological polar surface area (TPSA) is 45.8 Å². The summed E-state index contributed by atoms with van der Waals surface area (Å²) in [7, 11) is 0. The fraction of sp³-hybridized carbons (Fsp3) is 0.636. The highest BCUT2D eigenvalue weighted by Gasteiger charge is 2.32. The first-order valence-corrected chi connectivity index (χ1v) is 5.20. The number of nitrogens with zero attached hydrogens (tertiary/aromatic N) is 1. The molecule has 0 aliphatic heterocycles. The molecule has 0 unspecified atom stereocenters. The van der Waals surface area contributed by atoms with Crippen LogP contribution in [0.5, 0.6) is 0 Å². The Morgan fingerprint density at radius 2 is 2.14 bits per heavy atom. The van der Waals surface area contributed by atoms with Crippen LogP contribution in [0.25, 0.3) is 0 Å². The lowest BCUT2D eigenvalue weighted by atomic mass is 9.99. The molecule has 1 aliphatic carbocycles. The first-order chi connectivity index (χ1) is 6.61. The van der Waals surface area contributed by atoms with Gasteiger partial charge >= 0.3 is 0 Å². The molecule has 0 amide bonds. The summed E-state index contributed by atoms with van der Waals surface area (Å²) in [6.07, 6.45) is 2.42. The van der Waals surface area contributed by atoms with Crippen molar-refractivity contribution in [2.24, 2.45) is 0 Å². The van der Waals surface area contributed by atoms with Crippen molar-refractivity contribution < 1.29 is 4.79 Å². The van der Waals surface area contributed by atoms with E-state index in [1.807, 2.05) is 0 Å². The quantitative estimate of drug-likeness (QED) is 0.748. The second-order valence-electron chi connectivity index (χ2n) is 4.38. The number of H-pyrrole nitrogens is 1. The van der Waals surface area contributed by atoms with E-state index in [-0.39, 0.29) is 5.78 Å². The van der Waals surface area contributed by atoms with E-state index in [1.165, 1.54) is 18.4 Å². The van der Waals surface area contributed by atoms with Crippen LogP contribution in [0.2, 0.25) is 0 Å². The van der Waals surface area contributed by atoms with Crippen LogP contribution >= 0.6 is 0 Å². The van der Waals surface area contributed by atoms with E-state index in [4.69, 9.17) is 0 Å². The molecule has 0 radical (unpaired) electrons. The van der Waals surface area contributed by atoms with Gasteiger partial charge in [-0.2, -0.15) is 5.10 Å². The van der Waals surface area contributed by atoms with Crippen molar-refractivity contribution in [3.05, 3.63) is 17.0 Å². The Labute approximate surface area is 83.9 Å². The highest BCUT2D eigenvalue weighted by molar-refractivity contribution is 5.94. The maximum absolute atomic E-state index is 11.4. The first-order valence-electron chi connectivity index (χ1n) is 5.20. The summed E-state index contributed by atoms with van der Waals surface area (Å²) >= 11 is 0. The van der Waals surface area contributed by atoms with Crippen molar-refractivity contribution in [3.63, 3.8) is 0 Å². The number of nitrogens with one attached hydrogen (secondary N) is 1. The van der Waals surface area contributed by atoms with Gasteiger partial charge in [0.05, 0.1) is 0 Å². The molecular weight excluding hydrogens is 176 g/mol. The van der Waals surface area contributed by atoms with Crippen LogP contribution in [-0.2, 0) is 0 Å². The number of hydrogen-bond donors (Lipinski definition) is 1. The monoisotopic (exact) mass is 192 g/mol. The first kappa shape index (κ1) is 9.44.